The van der Waals surface area contributed by atoms with Crippen LogP contribution in [-0.2, 0) is 0 Å². The van der Waals surface area contributed by atoms with E-state index >= 15 is 0 Å². The summed E-state index contributed by atoms with van der Waals surface area (Å²) in [5, 5.41) is 0. The molecule has 2 aromatic rings. The van der Waals surface area contributed by atoms with Crippen molar-refractivity contribution in [2.24, 2.45) is 0 Å². The van der Waals surface area contributed by atoms with Crippen molar-refractivity contribution < 1.29 is 0 Å². The molecule has 2 aliphatic heterocycles. The molecule has 0 N–H and O–H groups in total. The lowest BCUT2D eigenvalue weighted by atomic mass is 9.81. The lowest BCUT2D eigenvalue weighted by Gasteiger charge is -2.42. The van der Waals surface area contributed by atoms with Gasteiger partial charge in [-0.1, -0.05) is 89.7 Å². The Balaban J connectivity index is 0.000000880. The summed E-state index contributed by atoms with van der Waals surface area (Å²) in [7, 11) is 0. The highest BCUT2D eigenvalue weighted by Crippen LogP contribution is 2.38. The van der Waals surface area contributed by atoms with Crippen LogP contribution in [0.25, 0.3) is 5.57 Å². The summed E-state index contributed by atoms with van der Waals surface area (Å²) < 4.78 is 0. The maximum absolute atomic E-state index is 2.73. The Kier molecular flexibility index (Phi) is 7.12. The Hall–Kier alpha value is -1.13. The number of piperidine rings is 2. The normalized spacial score (nSPS) is 20.2. The highest BCUT2D eigenvalue weighted by Gasteiger charge is 2.31. The molecule has 132 valence electrons. The van der Waals surface area contributed by atoms with E-state index in [1.165, 1.54) is 61.9 Å². The summed E-state index contributed by atoms with van der Waals surface area (Å²) in [6.07, 6.45) is 6.63. The maximum Gasteiger partial charge on any atom is 0.0316 e. The Morgan fingerprint density at radius 3 is 1.96 bits per heavy atom. The van der Waals surface area contributed by atoms with Gasteiger partial charge in [0.2, 0.25) is 0 Å². The van der Waals surface area contributed by atoms with Gasteiger partial charge < -0.3 is 0 Å². The van der Waals surface area contributed by atoms with Crippen LogP contribution in [0.2, 0.25) is 0 Å². The number of nitrogens with zero attached hydrogens (tertiary/aromatic N) is 1. The molecule has 0 aromatic heterocycles. The number of rotatable bonds is 2. The topological polar surface area (TPSA) is 3.24 Å². The van der Waals surface area contributed by atoms with Gasteiger partial charge in [0, 0.05) is 6.04 Å². The zero-order chi connectivity index (χ0) is 17.5. The predicted molar refractivity (Wildman–Crippen MR) is 117 cm³/mol. The van der Waals surface area contributed by atoms with Gasteiger partial charge in [0.05, 0.1) is 0 Å². The Morgan fingerprint density at radius 1 is 0.800 bits per heavy atom. The van der Waals surface area contributed by atoms with Crippen molar-refractivity contribution in [1.29, 1.82) is 0 Å². The number of fused-ring (bicyclic) bond motifs is 1. The van der Waals surface area contributed by atoms with E-state index in [-0.39, 0.29) is 0 Å². The molecule has 0 radical (unpaired) electrons. The van der Waals surface area contributed by atoms with E-state index in [9.17, 15) is 0 Å². The summed E-state index contributed by atoms with van der Waals surface area (Å²) in [6, 6.07) is 22.7. The first-order valence-electron chi connectivity index (χ1n) is 9.39. The van der Waals surface area contributed by atoms with Gasteiger partial charge in [-0.3, -0.25) is 4.90 Å². The molecular formula is C23H28IN. The van der Waals surface area contributed by atoms with Crippen molar-refractivity contribution in [3.63, 3.8) is 0 Å². The van der Waals surface area contributed by atoms with E-state index in [2.05, 4.69) is 88.2 Å². The van der Waals surface area contributed by atoms with Crippen molar-refractivity contribution in [3.8, 4) is 0 Å². The lowest BCUT2D eigenvalue weighted by molar-refractivity contribution is 0.148. The molecule has 2 saturated heterocycles. The van der Waals surface area contributed by atoms with E-state index < -0.39 is 0 Å². The molecule has 1 unspecified atom stereocenters. The average Bonchev–Trinajstić information content (AvgIpc) is 2.72. The molecule has 2 heterocycles. The third-order valence-electron chi connectivity index (χ3n) is 5.35. The van der Waals surface area contributed by atoms with Gasteiger partial charge in [-0.15, -0.1) is 0 Å². The molecule has 2 heteroatoms. The quantitative estimate of drug-likeness (QED) is 0.394. The van der Waals surface area contributed by atoms with E-state index in [1.807, 2.05) is 4.93 Å². The van der Waals surface area contributed by atoms with Crippen LogP contribution in [0.5, 0.6) is 0 Å². The minimum absolute atomic E-state index is 0.660. The van der Waals surface area contributed by atoms with Crippen molar-refractivity contribution >= 4 is 28.2 Å². The molecule has 2 aromatic carbocycles. The first-order chi connectivity index (χ1) is 12.4. The molecule has 0 amide bonds. The second kappa shape index (κ2) is 9.54. The molecule has 1 atom stereocenters. The molecule has 2 fully saturated rings. The Bertz CT molecular complexity index is 634. The first kappa shape index (κ1) is 18.7. The second-order valence-electron chi connectivity index (χ2n) is 6.78. The van der Waals surface area contributed by atoms with Crippen LogP contribution < -0.4 is 0 Å². The highest BCUT2D eigenvalue weighted by atomic mass is 127. The van der Waals surface area contributed by atoms with Gasteiger partial charge in [0.1, 0.15) is 0 Å². The summed E-state index contributed by atoms with van der Waals surface area (Å²) >= 11 is 2.15. The van der Waals surface area contributed by atoms with E-state index in [0.29, 0.717) is 6.04 Å². The third-order valence-corrected chi connectivity index (χ3v) is 5.35. The standard InChI is InChI=1S/C22H25N.CH3I/c1-3-10-18(11-4-1)22(19-12-5-2-6-13-19)20-14-9-17-23-16-8-7-15-21(20)23;1-2/h1-6,10-13,21H,7-9,14-17H2;1H3. The van der Waals surface area contributed by atoms with Gasteiger partial charge in [-0.05, 0) is 66.0 Å². The molecule has 4 rings (SSSR count). The average molecular weight is 445 g/mol. The summed E-state index contributed by atoms with van der Waals surface area (Å²) in [5.74, 6) is 0. The van der Waals surface area contributed by atoms with Gasteiger partial charge in [-0.25, -0.2) is 0 Å². The fraction of sp³-hybridized carbons (Fsp3) is 0.391. The van der Waals surface area contributed by atoms with Gasteiger partial charge in [-0.2, -0.15) is 0 Å². The van der Waals surface area contributed by atoms with Gasteiger partial charge in [0.25, 0.3) is 0 Å². The molecule has 0 aliphatic carbocycles. The van der Waals surface area contributed by atoms with Gasteiger partial charge >= 0.3 is 0 Å². The predicted octanol–water partition coefficient (Wildman–Crippen LogP) is 6.19. The largest absolute Gasteiger partial charge is 0.297 e. The van der Waals surface area contributed by atoms with Crippen molar-refractivity contribution in [1.82, 2.24) is 4.90 Å². The smallest absolute Gasteiger partial charge is 0.0316 e. The van der Waals surface area contributed by atoms with Crippen molar-refractivity contribution in [3.05, 3.63) is 77.4 Å². The minimum Gasteiger partial charge on any atom is -0.297 e. The minimum atomic E-state index is 0.660. The van der Waals surface area contributed by atoms with Crippen LogP contribution in [0, 0.1) is 0 Å². The van der Waals surface area contributed by atoms with E-state index in [0.717, 1.165) is 0 Å². The van der Waals surface area contributed by atoms with Crippen LogP contribution in [-0.4, -0.2) is 29.0 Å². The van der Waals surface area contributed by atoms with Crippen LogP contribution in [0.15, 0.2) is 66.2 Å². The van der Waals surface area contributed by atoms with E-state index in [1.54, 1.807) is 5.57 Å². The first-order valence-corrected chi connectivity index (χ1v) is 11.5. The lowest BCUT2D eigenvalue weighted by Crippen LogP contribution is -2.44. The number of halogens is 1. The fourth-order valence-corrected chi connectivity index (χ4v) is 4.33. The van der Waals surface area contributed by atoms with Crippen LogP contribution in [0.4, 0.5) is 0 Å². The van der Waals surface area contributed by atoms with Gasteiger partial charge in [0.15, 0.2) is 0 Å². The fourth-order valence-electron chi connectivity index (χ4n) is 4.33. The maximum atomic E-state index is 2.73. The SMILES string of the molecule is CI.c1ccc(C(=C2CCCN3CCCCC23)c2ccccc2)cc1. The summed E-state index contributed by atoms with van der Waals surface area (Å²) in [6.45, 7) is 2.57. The molecule has 1 nitrogen and oxygen atoms in total. The molecule has 0 spiro atoms. The second-order valence-corrected chi connectivity index (χ2v) is 6.78. The Labute approximate surface area is 166 Å². The highest BCUT2D eigenvalue weighted by molar-refractivity contribution is 14.1. The van der Waals surface area contributed by atoms with Crippen LogP contribution in [0.1, 0.15) is 43.2 Å². The number of hydrogen-bond acceptors (Lipinski definition) is 1. The van der Waals surface area contributed by atoms with Crippen LogP contribution in [0.3, 0.4) is 0 Å². The molecule has 25 heavy (non-hydrogen) atoms. The number of hydrogen-bond donors (Lipinski definition) is 0. The zero-order valence-electron chi connectivity index (χ0n) is 15.1. The summed E-state index contributed by atoms with van der Waals surface area (Å²) in [5.41, 5.74) is 5.92. The van der Waals surface area contributed by atoms with Crippen molar-refractivity contribution in [2.75, 3.05) is 18.0 Å². The zero-order valence-corrected chi connectivity index (χ0v) is 17.3. The van der Waals surface area contributed by atoms with E-state index in [4.69, 9.17) is 0 Å². The number of benzene rings is 2. The monoisotopic (exact) mass is 445 g/mol. The molecular weight excluding hydrogens is 417 g/mol. The third kappa shape index (κ3) is 4.35. The Morgan fingerprint density at radius 2 is 1.36 bits per heavy atom. The number of alkyl halides is 1. The molecule has 0 saturated carbocycles. The molecule has 2 aliphatic rings. The van der Waals surface area contributed by atoms with Crippen LogP contribution >= 0.6 is 22.6 Å². The molecule has 0 bridgehead atoms. The van der Waals surface area contributed by atoms with Crippen molar-refractivity contribution in [2.45, 2.75) is 38.1 Å². The summed E-state index contributed by atoms with van der Waals surface area (Å²) in [4.78, 5) is 4.70.